The summed E-state index contributed by atoms with van der Waals surface area (Å²) in [5.41, 5.74) is 1.18. The van der Waals surface area contributed by atoms with Crippen molar-refractivity contribution in [1.29, 1.82) is 0 Å². The molecule has 0 spiro atoms. The summed E-state index contributed by atoms with van der Waals surface area (Å²) in [4.78, 5) is 40.3. The molecule has 7 atom stereocenters. The summed E-state index contributed by atoms with van der Waals surface area (Å²) in [5, 5.41) is 0. The molecular formula is C26H23NO4. The summed E-state index contributed by atoms with van der Waals surface area (Å²) >= 11 is 0. The quantitative estimate of drug-likeness (QED) is 0.424. The van der Waals surface area contributed by atoms with E-state index < -0.39 is 6.10 Å². The molecule has 1 saturated heterocycles. The predicted molar refractivity (Wildman–Crippen MR) is 114 cm³/mol. The molecular weight excluding hydrogens is 390 g/mol. The van der Waals surface area contributed by atoms with Gasteiger partial charge in [-0.2, -0.15) is 0 Å². The Labute approximate surface area is 180 Å². The van der Waals surface area contributed by atoms with Gasteiger partial charge in [-0.1, -0.05) is 42.5 Å². The van der Waals surface area contributed by atoms with Gasteiger partial charge in [0.25, 0.3) is 0 Å². The van der Waals surface area contributed by atoms with Gasteiger partial charge in [-0.15, -0.1) is 0 Å². The lowest BCUT2D eigenvalue weighted by molar-refractivity contribution is -0.124. The van der Waals surface area contributed by atoms with Crippen LogP contribution < -0.4 is 9.64 Å². The average Bonchev–Trinajstić information content (AvgIpc) is 3.58. The summed E-state index contributed by atoms with van der Waals surface area (Å²) in [6.45, 7) is 1.72. The van der Waals surface area contributed by atoms with Gasteiger partial charge in [0.05, 0.1) is 17.5 Å². The van der Waals surface area contributed by atoms with Gasteiger partial charge >= 0.3 is 0 Å². The Morgan fingerprint density at radius 2 is 1.48 bits per heavy atom. The largest absolute Gasteiger partial charge is 0.483 e. The number of anilines is 1. The molecule has 156 valence electrons. The fraction of sp³-hybridized carbons (Fsp3) is 0.346. The first kappa shape index (κ1) is 18.6. The third kappa shape index (κ3) is 2.72. The first-order valence-electron chi connectivity index (χ1n) is 11.0. The Kier molecular flexibility index (Phi) is 3.98. The van der Waals surface area contributed by atoms with Crippen molar-refractivity contribution in [2.45, 2.75) is 19.4 Å². The number of benzene rings is 2. The van der Waals surface area contributed by atoms with E-state index in [-0.39, 0.29) is 41.3 Å². The highest BCUT2D eigenvalue weighted by Crippen LogP contribution is 2.65. The van der Waals surface area contributed by atoms with Crippen molar-refractivity contribution in [1.82, 2.24) is 0 Å². The van der Waals surface area contributed by atoms with E-state index in [0.717, 1.165) is 6.42 Å². The Balaban J connectivity index is 1.19. The summed E-state index contributed by atoms with van der Waals surface area (Å²) < 4.78 is 5.81. The molecule has 0 aromatic heterocycles. The monoisotopic (exact) mass is 413 g/mol. The maximum Gasteiger partial charge on any atom is 0.238 e. The molecule has 4 aliphatic carbocycles. The van der Waals surface area contributed by atoms with E-state index in [4.69, 9.17) is 4.74 Å². The zero-order chi connectivity index (χ0) is 21.3. The Hall–Kier alpha value is -3.21. The van der Waals surface area contributed by atoms with E-state index in [1.54, 1.807) is 43.3 Å². The Morgan fingerprint density at radius 3 is 2.06 bits per heavy atom. The number of ketones is 1. The van der Waals surface area contributed by atoms with Gasteiger partial charge in [-0.05, 0) is 61.3 Å². The standard InChI is InChI=1S/C26H23NO4/c1-14(24(28)15-5-3-2-4-6-15)31-17-9-7-16(8-10-17)27-25(29)22-18-11-12-19(21-13-20(18)21)23(22)26(27)30/h2-12,14,18-23H,13H2,1H3/t14-,18-,19-,20-,21-,22-,23+/m1/s1. The lowest BCUT2D eigenvalue weighted by Crippen LogP contribution is -2.40. The Morgan fingerprint density at radius 1 is 0.903 bits per heavy atom. The van der Waals surface area contributed by atoms with E-state index in [1.165, 1.54) is 4.90 Å². The van der Waals surface area contributed by atoms with Gasteiger partial charge in [-0.3, -0.25) is 19.3 Å². The van der Waals surface area contributed by atoms with Crippen LogP contribution in [0.5, 0.6) is 5.75 Å². The summed E-state index contributed by atoms with van der Waals surface area (Å²) in [7, 11) is 0. The molecule has 31 heavy (non-hydrogen) atoms. The van der Waals surface area contributed by atoms with Crippen LogP contribution in [-0.4, -0.2) is 23.7 Å². The average molecular weight is 413 g/mol. The molecule has 0 N–H and O–H groups in total. The molecule has 2 saturated carbocycles. The minimum absolute atomic E-state index is 0.0685. The zero-order valence-electron chi connectivity index (χ0n) is 17.2. The number of Topliss-reactive ketones (excluding diaryl/α,β-unsaturated/α-hetero) is 1. The van der Waals surface area contributed by atoms with Crippen molar-refractivity contribution >= 4 is 23.3 Å². The molecule has 5 nitrogen and oxygen atoms in total. The maximum atomic E-state index is 13.2. The second-order valence-electron chi connectivity index (χ2n) is 9.15. The van der Waals surface area contributed by atoms with Crippen LogP contribution in [0.25, 0.3) is 0 Å². The number of hydrogen-bond acceptors (Lipinski definition) is 4. The number of carbonyl (C=O) groups is 3. The number of nitrogens with zero attached hydrogens (tertiary/aromatic N) is 1. The Bertz CT molecular complexity index is 1070. The molecule has 2 bridgehead atoms. The van der Waals surface area contributed by atoms with Gasteiger partial charge in [-0.25, -0.2) is 0 Å². The van der Waals surface area contributed by atoms with Crippen LogP contribution in [0, 0.1) is 35.5 Å². The second kappa shape index (κ2) is 6.64. The highest BCUT2D eigenvalue weighted by atomic mass is 16.5. The molecule has 2 aromatic rings. The zero-order valence-corrected chi connectivity index (χ0v) is 17.2. The number of rotatable bonds is 5. The molecule has 5 heteroatoms. The highest BCUT2D eigenvalue weighted by molar-refractivity contribution is 6.22. The third-order valence-corrected chi connectivity index (χ3v) is 7.50. The van der Waals surface area contributed by atoms with Gasteiger partial charge in [0, 0.05) is 5.56 Å². The van der Waals surface area contributed by atoms with E-state index in [0.29, 0.717) is 28.8 Å². The van der Waals surface area contributed by atoms with Crippen LogP contribution >= 0.6 is 0 Å². The molecule has 3 fully saturated rings. The fourth-order valence-electron chi connectivity index (χ4n) is 5.98. The lowest BCUT2D eigenvalue weighted by atomic mass is 9.63. The molecule has 2 aromatic carbocycles. The van der Waals surface area contributed by atoms with Crippen molar-refractivity contribution in [2.24, 2.45) is 35.5 Å². The molecule has 7 rings (SSSR count). The SMILES string of the molecule is C[C@@H](Oc1ccc(N2C(=O)[C@@H]3[C@@H]4C=C[C@H]([C@H]5C[C@H]45)[C@@H]3C2=O)cc1)C(=O)c1ccccc1. The van der Waals surface area contributed by atoms with Gasteiger partial charge in [0.1, 0.15) is 5.75 Å². The number of imide groups is 1. The van der Waals surface area contributed by atoms with Crippen molar-refractivity contribution in [3.05, 3.63) is 72.3 Å². The number of amides is 2. The van der Waals surface area contributed by atoms with E-state index in [1.807, 2.05) is 18.2 Å². The van der Waals surface area contributed by atoms with Crippen LogP contribution in [-0.2, 0) is 9.59 Å². The van der Waals surface area contributed by atoms with Crippen LogP contribution in [0.2, 0.25) is 0 Å². The van der Waals surface area contributed by atoms with E-state index >= 15 is 0 Å². The predicted octanol–water partition coefficient (Wildman–Crippen LogP) is 3.89. The molecule has 2 amide bonds. The fourth-order valence-corrected chi connectivity index (χ4v) is 5.98. The van der Waals surface area contributed by atoms with E-state index in [9.17, 15) is 14.4 Å². The minimum Gasteiger partial charge on any atom is -0.483 e. The minimum atomic E-state index is -0.639. The maximum absolute atomic E-state index is 13.2. The van der Waals surface area contributed by atoms with E-state index in [2.05, 4.69) is 12.2 Å². The smallest absolute Gasteiger partial charge is 0.238 e. The first-order valence-corrected chi connectivity index (χ1v) is 11.0. The van der Waals surface area contributed by atoms with Crippen LogP contribution in [0.15, 0.2) is 66.7 Å². The second-order valence-corrected chi connectivity index (χ2v) is 9.15. The van der Waals surface area contributed by atoms with Crippen molar-refractivity contribution in [3.63, 3.8) is 0 Å². The molecule has 1 aliphatic heterocycles. The van der Waals surface area contributed by atoms with Crippen LogP contribution in [0.3, 0.4) is 0 Å². The van der Waals surface area contributed by atoms with Crippen molar-refractivity contribution < 1.29 is 19.1 Å². The summed E-state index contributed by atoms with van der Waals surface area (Å²) in [6.07, 6.45) is 4.87. The molecule has 0 unspecified atom stereocenters. The highest BCUT2D eigenvalue weighted by Gasteiger charge is 2.67. The van der Waals surface area contributed by atoms with Crippen molar-refractivity contribution in [2.75, 3.05) is 4.90 Å². The summed E-state index contributed by atoms with van der Waals surface area (Å²) in [5.74, 6) is 1.50. The number of ether oxygens (including phenoxy) is 1. The van der Waals surface area contributed by atoms with Gasteiger partial charge in [0.2, 0.25) is 17.6 Å². The summed E-state index contributed by atoms with van der Waals surface area (Å²) in [6, 6.07) is 15.9. The van der Waals surface area contributed by atoms with Gasteiger partial charge in [0.15, 0.2) is 6.10 Å². The normalized spacial score (nSPS) is 33.1. The third-order valence-electron chi connectivity index (χ3n) is 7.50. The van der Waals surface area contributed by atoms with Crippen LogP contribution in [0.1, 0.15) is 23.7 Å². The molecule has 5 aliphatic rings. The number of allylic oxidation sites excluding steroid dienone is 2. The lowest BCUT2D eigenvalue weighted by Gasteiger charge is -2.37. The van der Waals surface area contributed by atoms with Crippen LogP contribution in [0.4, 0.5) is 5.69 Å². The number of hydrogen-bond donors (Lipinski definition) is 0. The molecule has 0 radical (unpaired) electrons. The van der Waals surface area contributed by atoms with Gasteiger partial charge < -0.3 is 4.74 Å². The topological polar surface area (TPSA) is 63.7 Å². The first-order chi connectivity index (χ1) is 15.0. The molecule has 1 heterocycles. The number of carbonyl (C=O) groups excluding carboxylic acids is 3. The van der Waals surface area contributed by atoms with Crippen molar-refractivity contribution in [3.8, 4) is 5.75 Å².